The number of nitrogens with one attached hydrogen (secondary N) is 2. The monoisotopic (exact) mass is 344 g/mol. The third-order valence-corrected chi connectivity index (χ3v) is 6.62. The zero-order valence-corrected chi connectivity index (χ0v) is 14.7. The Balaban J connectivity index is 1.92. The molecule has 1 heterocycles. The summed E-state index contributed by atoms with van der Waals surface area (Å²) in [6.45, 7) is 2.72. The van der Waals surface area contributed by atoms with Crippen LogP contribution >= 0.6 is 0 Å². The molecule has 0 aromatic heterocycles. The first-order valence-corrected chi connectivity index (χ1v) is 10.5. The first-order valence-electron chi connectivity index (χ1n) is 8.71. The largest absolute Gasteiger partial charge is 0.356 e. The van der Waals surface area contributed by atoms with Crippen LogP contribution in [0.25, 0.3) is 0 Å². The molecule has 0 unspecified atom stereocenters. The van der Waals surface area contributed by atoms with E-state index in [2.05, 4.69) is 17.6 Å². The molecule has 1 saturated heterocycles. The molecule has 6 nitrogen and oxygen atoms in total. The molecule has 2 aliphatic rings. The van der Waals surface area contributed by atoms with Crippen molar-refractivity contribution in [3.05, 3.63) is 0 Å². The van der Waals surface area contributed by atoms with Crippen LogP contribution in [-0.4, -0.2) is 44.3 Å². The van der Waals surface area contributed by atoms with Crippen molar-refractivity contribution in [2.45, 2.75) is 57.9 Å². The van der Waals surface area contributed by atoms with Crippen LogP contribution in [0.15, 0.2) is 0 Å². The second kappa shape index (κ2) is 8.13. The Morgan fingerprint density at radius 3 is 2.26 bits per heavy atom. The van der Waals surface area contributed by atoms with E-state index in [0.717, 1.165) is 32.1 Å². The van der Waals surface area contributed by atoms with Crippen LogP contribution in [0.3, 0.4) is 0 Å². The first kappa shape index (κ1) is 18.2. The molecular weight excluding hydrogens is 316 g/mol. The molecule has 3 atom stereocenters. The number of hydrogen-bond acceptors (Lipinski definition) is 4. The fourth-order valence-electron chi connectivity index (χ4n) is 3.50. The zero-order valence-electron chi connectivity index (χ0n) is 13.8. The molecule has 23 heavy (non-hydrogen) atoms. The van der Waals surface area contributed by atoms with Crippen LogP contribution in [0.5, 0.6) is 0 Å². The number of sulfone groups is 1. The summed E-state index contributed by atoms with van der Waals surface area (Å²) < 4.78 is 23.0. The number of carbonyl (C=O) groups excluding carboxylic acids is 2. The minimum atomic E-state index is -3.01. The second-order valence-electron chi connectivity index (χ2n) is 6.75. The van der Waals surface area contributed by atoms with Gasteiger partial charge in [-0.2, -0.15) is 0 Å². The lowest BCUT2D eigenvalue weighted by Gasteiger charge is -2.30. The third-order valence-electron chi connectivity index (χ3n) is 4.85. The van der Waals surface area contributed by atoms with Crippen molar-refractivity contribution in [3.63, 3.8) is 0 Å². The van der Waals surface area contributed by atoms with Gasteiger partial charge in [0.2, 0.25) is 11.8 Å². The van der Waals surface area contributed by atoms with E-state index in [1.165, 1.54) is 0 Å². The Hall–Kier alpha value is -1.11. The van der Waals surface area contributed by atoms with Gasteiger partial charge >= 0.3 is 0 Å². The predicted molar refractivity (Wildman–Crippen MR) is 88.6 cm³/mol. The van der Waals surface area contributed by atoms with Gasteiger partial charge in [-0.1, -0.05) is 26.2 Å². The fraction of sp³-hybridized carbons (Fsp3) is 0.875. The first-order chi connectivity index (χ1) is 10.9. The van der Waals surface area contributed by atoms with Crippen molar-refractivity contribution in [3.8, 4) is 0 Å². The summed E-state index contributed by atoms with van der Waals surface area (Å²) in [6, 6.07) is -0.293. The highest BCUT2D eigenvalue weighted by atomic mass is 32.2. The standard InChI is InChI=1S/C16H28N2O4S/c1-2-3-9-17-15(19)13-6-4-5-7-14(13)16(20)18-12-8-10-23(21,22)11-12/h12-14H,2-11H2,1H3,(H,17,19)(H,18,20)/t12-,13+,14+/m0/s1. The summed E-state index contributed by atoms with van der Waals surface area (Å²) in [5.74, 6) is -0.616. The van der Waals surface area contributed by atoms with Gasteiger partial charge in [0.25, 0.3) is 0 Å². The van der Waals surface area contributed by atoms with Crippen LogP contribution in [0, 0.1) is 11.8 Å². The average Bonchev–Trinajstić information content (AvgIpc) is 2.86. The molecule has 0 aromatic carbocycles. The molecule has 1 saturated carbocycles. The summed E-state index contributed by atoms with van der Waals surface area (Å²) >= 11 is 0. The lowest BCUT2D eigenvalue weighted by molar-refractivity contribution is -0.136. The molecule has 2 fully saturated rings. The van der Waals surface area contributed by atoms with E-state index < -0.39 is 9.84 Å². The van der Waals surface area contributed by atoms with Gasteiger partial charge in [0.1, 0.15) is 0 Å². The summed E-state index contributed by atoms with van der Waals surface area (Å²) in [5.41, 5.74) is 0. The second-order valence-corrected chi connectivity index (χ2v) is 8.98. The molecule has 0 aromatic rings. The van der Waals surface area contributed by atoms with Gasteiger partial charge < -0.3 is 10.6 Å². The smallest absolute Gasteiger partial charge is 0.224 e. The van der Waals surface area contributed by atoms with Gasteiger partial charge in [-0.3, -0.25) is 9.59 Å². The Labute approximate surface area is 138 Å². The highest BCUT2D eigenvalue weighted by Crippen LogP contribution is 2.31. The van der Waals surface area contributed by atoms with E-state index in [9.17, 15) is 18.0 Å². The fourth-order valence-corrected chi connectivity index (χ4v) is 5.17. The predicted octanol–water partition coefficient (Wildman–Crippen LogP) is 1.01. The molecule has 0 spiro atoms. The van der Waals surface area contributed by atoms with Crippen LogP contribution in [0.2, 0.25) is 0 Å². The molecule has 132 valence electrons. The minimum Gasteiger partial charge on any atom is -0.356 e. The van der Waals surface area contributed by atoms with Crippen LogP contribution in [0.4, 0.5) is 0 Å². The molecule has 0 bridgehead atoms. The van der Waals surface area contributed by atoms with Crippen molar-refractivity contribution < 1.29 is 18.0 Å². The van der Waals surface area contributed by atoms with E-state index in [1.807, 2.05) is 0 Å². The Morgan fingerprint density at radius 1 is 1.04 bits per heavy atom. The van der Waals surface area contributed by atoms with Gasteiger partial charge in [-0.05, 0) is 25.7 Å². The number of unbranched alkanes of at least 4 members (excludes halogenated alkanes) is 1. The van der Waals surface area contributed by atoms with E-state index in [4.69, 9.17) is 0 Å². The quantitative estimate of drug-likeness (QED) is 0.704. The van der Waals surface area contributed by atoms with E-state index in [-0.39, 0.29) is 41.2 Å². The average molecular weight is 344 g/mol. The molecular formula is C16H28N2O4S. The number of carbonyl (C=O) groups is 2. The van der Waals surface area contributed by atoms with Crippen molar-refractivity contribution >= 4 is 21.7 Å². The molecule has 1 aliphatic heterocycles. The van der Waals surface area contributed by atoms with Crippen molar-refractivity contribution in [1.29, 1.82) is 0 Å². The molecule has 2 rings (SSSR count). The Bertz CT molecular complexity index is 532. The Kier molecular flexibility index (Phi) is 6.44. The number of amides is 2. The van der Waals surface area contributed by atoms with E-state index in [0.29, 0.717) is 19.4 Å². The number of hydrogen-bond donors (Lipinski definition) is 2. The maximum absolute atomic E-state index is 12.5. The van der Waals surface area contributed by atoms with Crippen molar-refractivity contribution in [2.24, 2.45) is 11.8 Å². The van der Waals surface area contributed by atoms with Gasteiger partial charge in [-0.25, -0.2) is 8.42 Å². The molecule has 2 amide bonds. The lowest BCUT2D eigenvalue weighted by Crippen LogP contribution is -2.46. The SMILES string of the molecule is CCCCNC(=O)[C@@H]1CCCC[C@H]1C(=O)N[C@H]1CCS(=O)(=O)C1. The molecule has 7 heteroatoms. The maximum Gasteiger partial charge on any atom is 0.224 e. The minimum absolute atomic E-state index is 0.0266. The highest BCUT2D eigenvalue weighted by Gasteiger charge is 2.37. The normalized spacial score (nSPS) is 29.9. The van der Waals surface area contributed by atoms with Crippen molar-refractivity contribution in [2.75, 3.05) is 18.1 Å². The van der Waals surface area contributed by atoms with E-state index in [1.54, 1.807) is 0 Å². The van der Waals surface area contributed by atoms with Gasteiger partial charge in [0.05, 0.1) is 11.5 Å². The van der Waals surface area contributed by atoms with Crippen LogP contribution in [-0.2, 0) is 19.4 Å². The Morgan fingerprint density at radius 2 is 1.70 bits per heavy atom. The van der Waals surface area contributed by atoms with Gasteiger partial charge in [0, 0.05) is 24.4 Å². The molecule has 2 N–H and O–H groups in total. The topological polar surface area (TPSA) is 92.3 Å². The van der Waals surface area contributed by atoms with Crippen molar-refractivity contribution in [1.82, 2.24) is 10.6 Å². The molecule has 1 aliphatic carbocycles. The molecule has 0 radical (unpaired) electrons. The van der Waals surface area contributed by atoms with Crippen LogP contribution < -0.4 is 10.6 Å². The summed E-state index contributed by atoms with van der Waals surface area (Å²) in [7, 11) is -3.01. The van der Waals surface area contributed by atoms with Gasteiger partial charge in [-0.15, -0.1) is 0 Å². The zero-order chi connectivity index (χ0) is 16.9. The number of rotatable bonds is 6. The van der Waals surface area contributed by atoms with E-state index >= 15 is 0 Å². The lowest BCUT2D eigenvalue weighted by atomic mass is 9.78. The summed E-state index contributed by atoms with van der Waals surface area (Å²) in [5, 5.41) is 5.79. The highest BCUT2D eigenvalue weighted by molar-refractivity contribution is 7.91. The summed E-state index contributed by atoms with van der Waals surface area (Å²) in [6.07, 6.45) is 5.79. The van der Waals surface area contributed by atoms with Gasteiger partial charge in [0.15, 0.2) is 9.84 Å². The summed E-state index contributed by atoms with van der Waals surface area (Å²) in [4.78, 5) is 24.9. The van der Waals surface area contributed by atoms with Crippen LogP contribution in [0.1, 0.15) is 51.9 Å². The third kappa shape index (κ3) is 5.19. The maximum atomic E-state index is 12.5.